The highest BCUT2D eigenvalue weighted by Gasteiger charge is 2.36. The molecule has 1 aliphatic heterocycles. The summed E-state index contributed by atoms with van der Waals surface area (Å²) < 4.78 is 0. The maximum Gasteiger partial charge on any atom is 0.0322 e. The summed E-state index contributed by atoms with van der Waals surface area (Å²) in [7, 11) is 0. The van der Waals surface area contributed by atoms with Gasteiger partial charge in [-0.15, -0.1) is 0 Å². The fourth-order valence-corrected chi connectivity index (χ4v) is 5.43. The zero-order valence-electron chi connectivity index (χ0n) is 11.4. The van der Waals surface area contributed by atoms with E-state index in [9.17, 15) is 0 Å². The second-order valence-corrected chi connectivity index (χ2v) is 8.48. The van der Waals surface area contributed by atoms with Gasteiger partial charge in [0, 0.05) is 28.0 Å². The van der Waals surface area contributed by atoms with Crippen LogP contribution in [0.2, 0.25) is 0 Å². The molecule has 1 heterocycles. The summed E-state index contributed by atoms with van der Waals surface area (Å²) in [4.78, 5) is 0. The fourth-order valence-electron chi connectivity index (χ4n) is 2.23. The van der Waals surface area contributed by atoms with Crippen LogP contribution < -0.4 is 5.32 Å². The predicted molar refractivity (Wildman–Crippen MR) is 79.7 cm³/mol. The Balaban J connectivity index is 2.66. The van der Waals surface area contributed by atoms with Crippen molar-refractivity contribution in [1.29, 1.82) is 0 Å². The molecule has 1 rings (SSSR count). The molecule has 1 aliphatic rings. The summed E-state index contributed by atoms with van der Waals surface area (Å²) in [6.07, 6.45) is 1.23. The van der Waals surface area contributed by atoms with Crippen LogP contribution in [0.4, 0.5) is 0 Å². The first-order valence-corrected chi connectivity index (χ1v) is 8.53. The van der Waals surface area contributed by atoms with Crippen molar-refractivity contribution in [3.8, 4) is 0 Å². The van der Waals surface area contributed by atoms with E-state index < -0.39 is 0 Å². The molecule has 1 nitrogen and oxygen atoms in total. The van der Waals surface area contributed by atoms with Crippen molar-refractivity contribution in [3.63, 3.8) is 0 Å². The van der Waals surface area contributed by atoms with Gasteiger partial charge in [0.15, 0.2) is 0 Å². The van der Waals surface area contributed by atoms with Crippen LogP contribution in [0, 0.1) is 5.41 Å². The lowest BCUT2D eigenvalue weighted by atomic mass is 9.83. The molecule has 0 spiro atoms. The maximum absolute atomic E-state index is 3.78. The molecule has 0 radical (unpaired) electrons. The summed E-state index contributed by atoms with van der Waals surface area (Å²) in [5.74, 6) is 2.65. The molecule has 3 atom stereocenters. The lowest BCUT2D eigenvalue weighted by Gasteiger charge is -2.42. The molecule has 0 bridgehead atoms. The lowest BCUT2D eigenvalue weighted by Crippen LogP contribution is -2.52. The molecule has 0 aromatic carbocycles. The molecule has 96 valence electrons. The smallest absolute Gasteiger partial charge is 0.0322 e. The summed E-state index contributed by atoms with van der Waals surface area (Å²) in [6.45, 7) is 12.9. The van der Waals surface area contributed by atoms with Crippen molar-refractivity contribution in [3.05, 3.63) is 0 Å². The van der Waals surface area contributed by atoms with Gasteiger partial charge < -0.3 is 5.32 Å². The molecule has 3 heteroatoms. The van der Waals surface area contributed by atoms with Crippen molar-refractivity contribution >= 4 is 23.5 Å². The van der Waals surface area contributed by atoms with Gasteiger partial charge in [0.25, 0.3) is 0 Å². The number of thioether (sulfide) groups is 2. The van der Waals surface area contributed by atoms with Crippen molar-refractivity contribution in [2.24, 2.45) is 5.41 Å². The number of rotatable bonds is 4. The molecular weight excluding hydrogens is 234 g/mol. The van der Waals surface area contributed by atoms with Crippen molar-refractivity contribution < 1.29 is 0 Å². The Bertz CT molecular complexity index is 201. The highest BCUT2D eigenvalue weighted by molar-refractivity contribution is 8.07. The molecule has 0 saturated carbocycles. The molecule has 3 unspecified atom stereocenters. The van der Waals surface area contributed by atoms with E-state index in [0.29, 0.717) is 11.5 Å². The van der Waals surface area contributed by atoms with Gasteiger partial charge in [0.1, 0.15) is 0 Å². The molecular formula is C13H27NS2. The van der Waals surface area contributed by atoms with Gasteiger partial charge in [-0.25, -0.2) is 0 Å². The van der Waals surface area contributed by atoms with Gasteiger partial charge in [-0.05, 0) is 18.4 Å². The zero-order valence-corrected chi connectivity index (χ0v) is 13.0. The first-order valence-electron chi connectivity index (χ1n) is 6.43. The van der Waals surface area contributed by atoms with Gasteiger partial charge in [-0.1, -0.05) is 34.6 Å². The van der Waals surface area contributed by atoms with E-state index >= 15 is 0 Å². The van der Waals surface area contributed by atoms with Gasteiger partial charge >= 0.3 is 0 Å². The van der Waals surface area contributed by atoms with Crippen LogP contribution in [0.3, 0.4) is 0 Å². The minimum absolute atomic E-state index is 0.360. The Kier molecular flexibility index (Phi) is 6.03. The number of hydrogen-bond acceptors (Lipinski definition) is 3. The monoisotopic (exact) mass is 261 g/mol. The molecule has 0 aliphatic carbocycles. The Morgan fingerprint density at radius 2 is 1.88 bits per heavy atom. The molecule has 0 aromatic rings. The molecule has 1 fully saturated rings. The van der Waals surface area contributed by atoms with Crippen LogP contribution in [0.5, 0.6) is 0 Å². The zero-order chi connectivity index (χ0) is 12.2. The SMILES string of the molecule is CCCNC(C1SCCSC1C)C(C)(C)C. The van der Waals surface area contributed by atoms with Gasteiger partial charge in [-0.3, -0.25) is 0 Å². The highest BCUT2D eigenvalue weighted by atomic mass is 32.2. The van der Waals surface area contributed by atoms with Crippen LogP contribution in [0.25, 0.3) is 0 Å². The first-order chi connectivity index (χ1) is 7.46. The standard InChI is InChI=1S/C13H27NS2/c1-6-7-14-12(13(3,4)5)11-10(2)15-8-9-16-11/h10-12,14H,6-9H2,1-5H3. The summed E-state index contributed by atoms with van der Waals surface area (Å²) in [5.41, 5.74) is 0.360. The predicted octanol–water partition coefficient (Wildman–Crippen LogP) is 3.64. The normalized spacial score (nSPS) is 29.1. The quantitative estimate of drug-likeness (QED) is 0.830. The average Bonchev–Trinajstić information content (AvgIpc) is 2.19. The third kappa shape index (κ3) is 4.15. The van der Waals surface area contributed by atoms with Crippen LogP contribution >= 0.6 is 23.5 Å². The van der Waals surface area contributed by atoms with E-state index in [2.05, 4.69) is 63.5 Å². The molecule has 0 aromatic heterocycles. The van der Waals surface area contributed by atoms with Crippen molar-refractivity contribution in [2.75, 3.05) is 18.1 Å². The van der Waals surface area contributed by atoms with Crippen molar-refractivity contribution in [1.82, 2.24) is 5.32 Å². The summed E-state index contributed by atoms with van der Waals surface area (Å²) in [6, 6.07) is 0.639. The second kappa shape index (κ2) is 6.55. The fraction of sp³-hybridized carbons (Fsp3) is 1.00. The molecule has 1 N–H and O–H groups in total. The van der Waals surface area contributed by atoms with Crippen LogP contribution in [-0.2, 0) is 0 Å². The van der Waals surface area contributed by atoms with E-state index in [-0.39, 0.29) is 0 Å². The molecule has 16 heavy (non-hydrogen) atoms. The van der Waals surface area contributed by atoms with Gasteiger partial charge in [0.2, 0.25) is 0 Å². The number of hydrogen-bond donors (Lipinski definition) is 1. The topological polar surface area (TPSA) is 12.0 Å². The Hall–Kier alpha value is 0.660. The first kappa shape index (κ1) is 14.7. The van der Waals surface area contributed by atoms with Crippen LogP contribution in [-0.4, -0.2) is 34.6 Å². The van der Waals surface area contributed by atoms with E-state index in [1.54, 1.807) is 0 Å². The Labute approximate surface area is 110 Å². The van der Waals surface area contributed by atoms with Gasteiger partial charge in [0.05, 0.1) is 0 Å². The van der Waals surface area contributed by atoms with Gasteiger partial charge in [-0.2, -0.15) is 23.5 Å². The Morgan fingerprint density at radius 1 is 1.25 bits per heavy atom. The van der Waals surface area contributed by atoms with E-state index in [0.717, 1.165) is 17.0 Å². The third-order valence-corrected chi connectivity index (χ3v) is 6.31. The van der Waals surface area contributed by atoms with Crippen molar-refractivity contribution in [2.45, 2.75) is 57.6 Å². The minimum atomic E-state index is 0.360. The summed E-state index contributed by atoms with van der Waals surface area (Å²) in [5, 5.41) is 5.33. The van der Waals surface area contributed by atoms with E-state index in [1.807, 2.05) is 0 Å². The minimum Gasteiger partial charge on any atom is -0.312 e. The lowest BCUT2D eigenvalue weighted by molar-refractivity contribution is 0.261. The van der Waals surface area contributed by atoms with Crippen LogP contribution in [0.15, 0.2) is 0 Å². The van der Waals surface area contributed by atoms with E-state index in [4.69, 9.17) is 0 Å². The highest BCUT2D eigenvalue weighted by Crippen LogP contribution is 2.38. The van der Waals surface area contributed by atoms with E-state index in [1.165, 1.54) is 17.9 Å². The largest absolute Gasteiger partial charge is 0.312 e. The summed E-state index contributed by atoms with van der Waals surface area (Å²) >= 11 is 4.32. The van der Waals surface area contributed by atoms with Crippen LogP contribution in [0.1, 0.15) is 41.0 Å². The number of nitrogens with one attached hydrogen (secondary N) is 1. The second-order valence-electron chi connectivity index (χ2n) is 5.71. The third-order valence-electron chi connectivity index (χ3n) is 3.11. The Morgan fingerprint density at radius 3 is 2.38 bits per heavy atom. The average molecular weight is 261 g/mol. The molecule has 1 saturated heterocycles. The molecule has 0 amide bonds. The maximum atomic E-state index is 3.78.